The third-order valence-electron chi connectivity index (χ3n) is 2.77. The molecular weight excluding hydrogens is 329 g/mol. The van der Waals surface area contributed by atoms with Gasteiger partial charge >= 0.3 is 6.18 Å². The maximum Gasteiger partial charge on any atom is 0.416 e. The van der Waals surface area contributed by atoms with Crippen LogP contribution in [0.15, 0.2) is 23.1 Å². The molecule has 0 bridgehead atoms. The lowest BCUT2D eigenvalue weighted by molar-refractivity contribution is -0.137. The van der Waals surface area contributed by atoms with E-state index in [-0.39, 0.29) is 18.0 Å². The molecule has 0 radical (unpaired) electrons. The summed E-state index contributed by atoms with van der Waals surface area (Å²) in [4.78, 5) is -0.362. The van der Waals surface area contributed by atoms with Crippen molar-refractivity contribution in [2.75, 3.05) is 13.1 Å². The molecule has 0 spiro atoms. The molecular formula is C12H16ClF3N2O2S. The molecule has 0 atom stereocenters. The molecule has 0 unspecified atom stereocenters. The second-order valence-corrected chi connectivity index (χ2v) is 6.91. The first-order chi connectivity index (χ1) is 9.51. The van der Waals surface area contributed by atoms with Crippen LogP contribution in [0.1, 0.15) is 19.4 Å². The highest BCUT2D eigenvalue weighted by atomic mass is 35.5. The molecule has 0 amide bonds. The fraction of sp³-hybridized carbons (Fsp3) is 0.500. The molecule has 0 saturated carbocycles. The molecule has 21 heavy (non-hydrogen) atoms. The van der Waals surface area contributed by atoms with Gasteiger partial charge in [-0.3, -0.25) is 0 Å². The van der Waals surface area contributed by atoms with Crippen LogP contribution in [0.3, 0.4) is 0 Å². The second-order valence-electron chi connectivity index (χ2n) is 4.64. The molecule has 0 aliphatic heterocycles. The Labute approximate surface area is 126 Å². The van der Waals surface area contributed by atoms with Gasteiger partial charge in [0.05, 0.1) is 10.6 Å². The van der Waals surface area contributed by atoms with Gasteiger partial charge in [0.25, 0.3) is 0 Å². The van der Waals surface area contributed by atoms with E-state index in [1.165, 1.54) is 0 Å². The van der Waals surface area contributed by atoms with Crippen molar-refractivity contribution >= 4 is 21.6 Å². The lowest BCUT2D eigenvalue weighted by atomic mass is 10.2. The number of hydrogen-bond donors (Lipinski definition) is 1. The SMILES string of the molecule is CC(C)N(CCN)S(=O)(=O)c1ccc(C(F)(F)F)cc1Cl. The Hall–Kier alpha value is -0.830. The molecule has 1 rings (SSSR count). The van der Waals surface area contributed by atoms with E-state index in [1.54, 1.807) is 13.8 Å². The average Bonchev–Trinajstić information content (AvgIpc) is 2.33. The van der Waals surface area contributed by atoms with Crippen molar-refractivity contribution in [1.29, 1.82) is 0 Å². The van der Waals surface area contributed by atoms with Crippen LogP contribution in [0.4, 0.5) is 13.2 Å². The van der Waals surface area contributed by atoms with E-state index in [4.69, 9.17) is 17.3 Å². The third-order valence-corrected chi connectivity index (χ3v) is 5.33. The van der Waals surface area contributed by atoms with E-state index >= 15 is 0 Å². The standard InChI is InChI=1S/C12H16ClF3N2O2S/c1-8(2)18(6-5-17)21(19,20)11-4-3-9(7-10(11)13)12(14,15)16/h3-4,7-8H,5-6,17H2,1-2H3. The summed E-state index contributed by atoms with van der Waals surface area (Å²) in [7, 11) is -4.00. The fourth-order valence-electron chi connectivity index (χ4n) is 1.80. The molecule has 1 aromatic rings. The van der Waals surface area contributed by atoms with Crippen LogP contribution in [0.25, 0.3) is 0 Å². The van der Waals surface area contributed by atoms with E-state index in [0.717, 1.165) is 10.4 Å². The summed E-state index contributed by atoms with van der Waals surface area (Å²) < 4.78 is 63.7. The molecule has 4 nitrogen and oxygen atoms in total. The van der Waals surface area contributed by atoms with Gasteiger partial charge in [0.15, 0.2) is 0 Å². The number of nitrogens with zero attached hydrogens (tertiary/aromatic N) is 1. The van der Waals surface area contributed by atoms with Crippen molar-refractivity contribution in [3.63, 3.8) is 0 Å². The van der Waals surface area contributed by atoms with E-state index in [1.807, 2.05) is 0 Å². The maximum atomic E-state index is 12.6. The Kier molecular flexibility index (Phi) is 5.65. The lowest BCUT2D eigenvalue weighted by Crippen LogP contribution is -2.40. The number of nitrogens with two attached hydrogens (primary N) is 1. The van der Waals surface area contributed by atoms with Gasteiger partial charge in [-0.05, 0) is 32.0 Å². The summed E-state index contributed by atoms with van der Waals surface area (Å²) in [5.74, 6) is 0. The first-order valence-electron chi connectivity index (χ1n) is 6.10. The minimum atomic E-state index is -4.58. The van der Waals surface area contributed by atoms with Gasteiger partial charge in [-0.1, -0.05) is 11.6 Å². The zero-order valence-electron chi connectivity index (χ0n) is 11.5. The summed E-state index contributed by atoms with van der Waals surface area (Å²) in [6.45, 7) is 3.43. The number of hydrogen-bond acceptors (Lipinski definition) is 3. The summed E-state index contributed by atoms with van der Waals surface area (Å²) in [6, 6.07) is 1.78. The van der Waals surface area contributed by atoms with Crippen molar-refractivity contribution in [3.8, 4) is 0 Å². The van der Waals surface area contributed by atoms with Crippen LogP contribution in [-0.2, 0) is 16.2 Å². The number of benzene rings is 1. The van der Waals surface area contributed by atoms with Gasteiger partial charge in [-0.15, -0.1) is 0 Å². The van der Waals surface area contributed by atoms with Crippen LogP contribution in [-0.4, -0.2) is 31.9 Å². The monoisotopic (exact) mass is 344 g/mol. The molecule has 0 aliphatic carbocycles. The third kappa shape index (κ3) is 4.09. The molecule has 0 aliphatic rings. The lowest BCUT2D eigenvalue weighted by Gasteiger charge is -2.26. The van der Waals surface area contributed by atoms with Crippen LogP contribution in [0.2, 0.25) is 5.02 Å². The topological polar surface area (TPSA) is 63.4 Å². The maximum absolute atomic E-state index is 12.6. The normalized spacial score (nSPS) is 13.2. The van der Waals surface area contributed by atoms with E-state index in [9.17, 15) is 21.6 Å². The molecule has 1 aromatic carbocycles. The van der Waals surface area contributed by atoms with Gasteiger partial charge in [0, 0.05) is 19.1 Å². The fourth-order valence-corrected chi connectivity index (χ4v) is 3.97. The zero-order chi connectivity index (χ0) is 16.4. The van der Waals surface area contributed by atoms with Gasteiger partial charge in [0.2, 0.25) is 10.0 Å². The minimum Gasteiger partial charge on any atom is -0.329 e. The highest BCUT2D eigenvalue weighted by molar-refractivity contribution is 7.89. The summed E-state index contributed by atoms with van der Waals surface area (Å²) in [6.07, 6.45) is -4.58. The van der Waals surface area contributed by atoms with E-state index in [0.29, 0.717) is 12.1 Å². The first kappa shape index (κ1) is 18.2. The predicted molar refractivity (Wildman–Crippen MR) is 74.5 cm³/mol. The van der Waals surface area contributed by atoms with Crippen LogP contribution >= 0.6 is 11.6 Å². The molecule has 9 heteroatoms. The van der Waals surface area contributed by atoms with Gasteiger partial charge in [-0.2, -0.15) is 17.5 Å². The highest BCUT2D eigenvalue weighted by Crippen LogP contribution is 2.34. The van der Waals surface area contributed by atoms with E-state index in [2.05, 4.69) is 0 Å². The Morgan fingerprint density at radius 2 is 1.90 bits per heavy atom. The van der Waals surface area contributed by atoms with E-state index < -0.39 is 32.8 Å². The number of halogens is 4. The molecule has 120 valence electrons. The first-order valence-corrected chi connectivity index (χ1v) is 7.92. The summed E-state index contributed by atoms with van der Waals surface area (Å²) in [5, 5.41) is -0.465. The summed E-state index contributed by atoms with van der Waals surface area (Å²) >= 11 is 5.73. The number of rotatable bonds is 5. The van der Waals surface area contributed by atoms with Crippen molar-refractivity contribution in [1.82, 2.24) is 4.31 Å². The Morgan fingerprint density at radius 3 is 2.29 bits per heavy atom. The van der Waals surface area contributed by atoms with Crippen LogP contribution in [0.5, 0.6) is 0 Å². The average molecular weight is 345 g/mol. The predicted octanol–water partition coefficient (Wildman–Crippen LogP) is 2.72. The molecule has 0 fully saturated rings. The van der Waals surface area contributed by atoms with Gasteiger partial charge in [-0.25, -0.2) is 8.42 Å². The van der Waals surface area contributed by atoms with Crippen LogP contribution < -0.4 is 5.73 Å². The largest absolute Gasteiger partial charge is 0.416 e. The molecule has 0 saturated heterocycles. The molecule has 0 aromatic heterocycles. The van der Waals surface area contributed by atoms with Crippen LogP contribution in [0, 0.1) is 0 Å². The summed E-state index contributed by atoms with van der Waals surface area (Å²) in [5.41, 5.74) is 4.37. The van der Waals surface area contributed by atoms with Crippen molar-refractivity contribution in [3.05, 3.63) is 28.8 Å². The minimum absolute atomic E-state index is 0.0529. The number of sulfonamides is 1. The Morgan fingerprint density at radius 1 is 1.33 bits per heavy atom. The second kappa shape index (κ2) is 6.51. The zero-order valence-corrected chi connectivity index (χ0v) is 13.1. The highest BCUT2D eigenvalue weighted by Gasteiger charge is 2.33. The number of alkyl halides is 3. The Balaban J connectivity index is 3.32. The van der Waals surface area contributed by atoms with Crippen molar-refractivity contribution < 1.29 is 21.6 Å². The van der Waals surface area contributed by atoms with Crippen molar-refractivity contribution in [2.45, 2.75) is 31.0 Å². The quantitative estimate of drug-likeness (QED) is 0.893. The van der Waals surface area contributed by atoms with Gasteiger partial charge < -0.3 is 5.73 Å². The van der Waals surface area contributed by atoms with Gasteiger partial charge in [0.1, 0.15) is 4.90 Å². The smallest absolute Gasteiger partial charge is 0.329 e. The molecule has 0 heterocycles. The molecule has 2 N–H and O–H groups in total. The van der Waals surface area contributed by atoms with Crippen molar-refractivity contribution in [2.24, 2.45) is 5.73 Å². The Bertz CT molecular complexity index is 603.